The molecule has 0 aromatic heterocycles. The molecule has 1 heterocycles. The molecule has 1 aliphatic rings. The smallest absolute Gasteiger partial charge is 0.246 e. The van der Waals surface area contributed by atoms with E-state index in [4.69, 9.17) is 14.2 Å². The van der Waals surface area contributed by atoms with Crippen molar-refractivity contribution >= 4 is 17.9 Å². The zero-order valence-corrected chi connectivity index (χ0v) is 21.3. The van der Waals surface area contributed by atoms with Crippen LogP contribution in [0.3, 0.4) is 0 Å². The summed E-state index contributed by atoms with van der Waals surface area (Å²) < 4.78 is 17.3. The first kappa shape index (κ1) is 27.1. The van der Waals surface area contributed by atoms with Crippen LogP contribution in [0.4, 0.5) is 0 Å². The Labute approximate surface area is 213 Å². The Morgan fingerprint density at radius 2 is 1.67 bits per heavy atom. The van der Waals surface area contributed by atoms with Crippen LogP contribution >= 0.6 is 0 Å². The Balaban J connectivity index is 1.47. The Bertz CT molecular complexity index is 988. The summed E-state index contributed by atoms with van der Waals surface area (Å²) in [5.74, 6) is 2.06. The van der Waals surface area contributed by atoms with E-state index in [9.17, 15) is 9.59 Å². The number of nitrogens with zero attached hydrogens (tertiary/aromatic N) is 2. The molecule has 0 radical (unpaired) electrons. The van der Waals surface area contributed by atoms with Crippen LogP contribution < -0.4 is 19.5 Å². The predicted octanol–water partition coefficient (Wildman–Crippen LogP) is 3.23. The van der Waals surface area contributed by atoms with Gasteiger partial charge in [-0.3, -0.25) is 14.5 Å². The van der Waals surface area contributed by atoms with E-state index in [1.807, 2.05) is 67.3 Å². The van der Waals surface area contributed by atoms with Crippen LogP contribution in [0, 0.1) is 0 Å². The Morgan fingerprint density at radius 3 is 2.39 bits per heavy atom. The van der Waals surface area contributed by atoms with Gasteiger partial charge >= 0.3 is 0 Å². The normalized spacial score (nSPS) is 14.0. The second kappa shape index (κ2) is 14.8. The molecule has 8 nitrogen and oxygen atoms in total. The SMILES string of the molecule is CCCNC(=O)CN1CCN(C(=O)/C=C/c2ccc(OCCOc3ccccc3)c(OCC)c2)CC1. The molecule has 1 N–H and O–H groups in total. The van der Waals surface area contributed by atoms with Gasteiger partial charge in [0.25, 0.3) is 0 Å². The number of hydrogen-bond donors (Lipinski definition) is 1. The van der Waals surface area contributed by atoms with Crippen molar-refractivity contribution in [3.05, 3.63) is 60.2 Å². The number of carbonyl (C=O) groups excluding carboxylic acids is 2. The molecule has 1 aliphatic heterocycles. The summed E-state index contributed by atoms with van der Waals surface area (Å²) in [5, 5.41) is 2.89. The lowest BCUT2D eigenvalue weighted by atomic mass is 10.1. The Morgan fingerprint density at radius 1 is 0.917 bits per heavy atom. The number of rotatable bonds is 13. The molecule has 0 bridgehead atoms. The third kappa shape index (κ3) is 8.92. The standard InChI is InChI=1S/C28H37N3O5/c1-3-14-29-27(32)22-30-15-17-31(18-16-30)28(33)13-11-23-10-12-25(26(21-23)34-4-2)36-20-19-35-24-8-6-5-7-9-24/h5-13,21H,3-4,14-20,22H2,1-2H3,(H,29,32)/b13-11+. The molecule has 2 amide bonds. The Hall–Kier alpha value is -3.52. The van der Waals surface area contributed by atoms with Gasteiger partial charge in [0.2, 0.25) is 11.8 Å². The number of carbonyl (C=O) groups is 2. The fraction of sp³-hybridized carbons (Fsp3) is 0.429. The predicted molar refractivity (Wildman–Crippen MR) is 140 cm³/mol. The van der Waals surface area contributed by atoms with Crippen molar-refractivity contribution in [2.75, 3.05) is 59.1 Å². The molecule has 0 aliphatic carbocycles. The van der Waals surface area contributed by atoms with Crippen molar-refractivity contribution in [2.24, 2.45) is 0 Å². The molecule has 1 fully saturated rings. The second-order valence-electron chi connectivity index (χ2n) is 8.43. The number of amides is 2. The summed E-state index contributed by atoms with van der Waals surface area (Å²) in [6.07, 6.45) is 4.30. The fourth-order valence-electron chi connectivity index (χ4n) is 3.77. The quantitative estimate of drug-likeness (QED) is 0.340. The van der Waals surface area contributed by atoms with Gasteiger partial charge in [-0.25, -0.2) is 0 Å². The van der Waals surface area contributed by atoms with Crippen molar-refractivity contribution in [2.45, 2.75) is 20.3 Å². The first-order chi connectivity index (χ1) is 17.6. The maximum absolute atomic E-state index is 12.7. The number of hydrogen-bond acceptors (Lipinski definition) is 6. The van der Waals surface area contributed by atoms with Gasteiger partial charge in [0, 0.05) is 38.8 Å². The topological polar surface area (TPSA) is 80.3 Å². The number of piperazine rings is 1. The van der Waals surface area contributed by atoms with Crippen LogP contribution in [-0.2, 0) is 9.59 Å². The van der Waals surface area contributed by atoms with Crippen molar-refractivity contribution in [1.29, 1.82) is 0 Å². The molecular formula is C28H37N3O5. The highest BCUT2D eigenvalue weighted by Gasteiger charge is 2.21. The van der Waals surface area contributed by atoms with Crippen molar-refractivity contribution in [3.8, 4) is 17.2 Å². The van der Waals surface area contributed by atoms with E-state index in [-0.39, 0.29) is 11.8 Å². The molecule has 1 saturated heterocycles. The lowest BCUT2D eigenvalue weighted by Gasteiger charge is -2.33. The highest BCUT2D eigenvalue weighted by molar-refractivity contribution is 5.92. The van der Waals surface area contributed by atoms with Gasteiger partial charge in [-0.05, 0) is 49.2 Å². The minimum absolute atomic E-state index is 0.0396. The highest BCUT2D eigenvalue weighted by atomic mass is 16.5. The van der Waals surface area contributed by atoms with Crippen molar-refractivity contribution in [1.82, 2.24) is 15.1 Å². The zero-order valence-electron chi connectivity index (χ0n) is 21.3. The fourth-order valence-corrected chi connectivity index (χ4v) is 3.77. The average molecular weight is 496 g/mol. The van der Waals surface area contributed by atoms with E-state index in [0.29, 0.717) is 70.6 Å². The van der Waals surface area contributed by atoms with Crippen LogP contribution in [0.25, 0.3) is 6.08 Å². The van der Waals surface area contributed by atoms with E-state index in [2.05, 4.69) is 10.2 Å². The third-order valence-electron chi connectivity index (χ3n) is 5.66. The van der Waals surface area contributed by atoms with Gasteiger partial charge in [0.15, 0.2) is 11.5 Å². The van der Waals surface area contributed by atoms with E-state index in [0.717, 1.165) is 17.7 Å². The number of nitrogens with one attached hydrogen (secondary N) is 1. The molecule has 2 aromatic rings. The monoisotopic (exact) mass is 495 g/mol. The summed E-state index contributed by atoms with van der Waals surface area (Å²) in [6.45, 7) is 8.91. The van der Waals surface area contributed by atoms with Crippen LogP contribution in [0.15, 0.2) is 54.6 Å². The molecule has 3 rings (SSSR count). The van der Waals surface area contributed by atoms with E-state index < -0.39 is 0 Å². The molecule has 2 aromatic carbocycles. The molecule has 8 heteroatoms. The van der Waals surface area contributed by atoms with E-state index >= 15 is 0 Å². The maximum Gasteiger partial charge on any atom is 0.246 e. The lowest BCUT2D eigenvalue weighted by Crippen LogP contribution is -2.50. The van der Waals surface area contributed by atoms with Crippen LogP contribution in [0.1, 0.15) is 25.8 Å². The van der Waals surface area contributed by atoms with Gasteiger partial charge in [-0.2, -0.15) is 0 Å². The van der Waals surface area contributed by atoms with E-state index in [1.165, 1.54) is 0 Å². The average Bonchev–Trinajstić information content (AvgIpc) is 2.90. The minimum Gasteiger partial charge on any atom is -0.490 e. The van der Waals surface area contributed by atoms with Gasteiger partial charge < -0.3 is 24.4 Å². The number of ether oxygens (including phenoxy) is 3. The van der Waals surface area contributed by atoms with Gasteiger partial charge in [0.05, 0.1) is 13.2 Å². The summed E-state index contributed by atoms with van der Waals surface area (Å²) >= 11 is 0. The molecule has 0 saturated carbocycles. The van der Waals surface area contributed by atoms with E-state index in [1.54, 1.807) is 12.2 Å². The third-order valence-corrected chi connectivity index (χ3v) is 5.66. The first-order valence-electron chi connectivity index (χ1n) is 12.6. The summed E-state index contributed by atoms with van der Waals surface area (Å²) in [5.41, 5.74) is 0.853. The van der Waals surface area contributed by atoms with Crippen LogP contribution in [0.2, 0.25) is 0 Å². The molecular weight excluding hydrogens is 458 g/mol. The molecule has 194 valence electrons. The van der Waals surface area contributed by atoms with Crippen molar-refractivity contribution in [3.63, 3.8) is 0 Å². The summed E-state index contributed by atoms with van der Waals surface area (Å²) in [4.78, 5) is 28.5. The van der Waals surface area contributed by atoms with Crippen molar-refractivity contribution < 1.29 is 23.8 Å². The number of para-hydroxylation sites is 1. The van der Waals surface area contributed by atoms with Gasteiger partial charge in [-0.1, -0.05) is 31.2 Å². The zero-order chi connectivity index (χ0) is 25.6. The van der Waals surface area contributed by atoms with Crippen LogP contribution in [0.5, 0.6) is 17.2 Å². The number of benzene rings is 2. The first-order valence-corrected chi connectivity index (χ1v) is 12.6. The summed E-state index contributed by atoms with van der Waals surface area (Å²) in [7, 11) is 0. The molecule has 0 spiro atoms. The second-order valence-corrected chi connectivity index (χ2v) is 8.43. The van der Waals surface area contributed by atoms with Gasteiger partial charge in [-0.15, -0.1) is 0 Å². The lowest BCUT2D eigenvalue weighted by molar-refractivity contribution is -0.128. The Kier molecular flexibility index (Phi) is 11.1. The molecule has 0 atom stereocenters. The van der Waals surface area contributed by atoms with Crippen LogP contribution in [-0.4, -0.2) is 80.7 Å². The maximum atomic E-state index is 12.7. The highest BCUT2D eigenvalue weighted by Crippen LogP contribution is 2.29. The largest absolute Gasteiger partial charge is 0.490 e. The molecule has 0 unspecified atom stereocenters. The molecule has 36 heavy (non-hydrogen) atoms. The minimum atomic E-state index is -0.0403. The summed E-state index contributed by atoms with van der Waals surface area (Å²) in [6, 6.07) is 15.2. The van der Waals surface area contributed by atoms with Gasteiger partial charge in [0.1, 0.15) is 19.0 Å².